The number of carbonyl (C=O) groups is 2. The first-order chi connectivity index (χ1) is 21.9. The largest absolute Gasteiger partial charge is 0.497 e. The Morgan fingerprint density at radius 3 is 2.22 bits per heavy atom. The minimum absolute atomic E-state index is 0.222. The predicted molar refractivity (Wildman–Crippen MR) is 183 cm³/mol. The Morgan fingerprint density at radius 2 is 1.57 bits per heavy atom. The number of hydrogen-bond acceptors (Lipinski definition) is 7. The summed E-state index contributed by atoms with van der Waals surface area (Å²) in [5.41, 5.74) is 2.17. The van der Waals surface area contributed by atoms with Gasteiger partial charge in [0.15, 0.2) is 0 Å². The van der Waals surface area contributed by atoms with Crippen LogP contribution >= 0.6 is 0 Å². The van der Waals surface area contributed by atoms with Crippen LogP contribution in [0.4, 0.5) is 5.69 Å². The van der Waals surface area contributed by atoms with Crippen LogP contribution in [0, 0.1) is 0 Å². The molecule has 2 atom stereocenters. The summed E-state index contributed by atoms with van der Waals surface area (Å²) >= 11 is 0. The number of nitrogens with zero attached hydrogens (tertiary/aromatic N) is 1. The number of methoxy groups -OCH3 is 1. The molecule has 2 amide bonds. The number of ether oxygens (including phenoxy) is 1. The van der Waals surface area contributed by atoms with E-state index in [1.165, 1.54) is 0 Å². The molecule has 5 N–H and O–H groups in total. The number of benzene rings is 3. The molecule has 1 fully saturated rings. The van der Waals surface area contributed by atoms with Gasteiger partial charge in [0.1, 0.15) is 5.75 Å². The van der Waals surface area contributed by atoms with E-state index in [4.69, 9.17) is 4.74 Å². The van der Waals surface area contributed by atoms with E-state index in [-0.39, 0.29) is 25.0 Å². The molecule has 1 saturated heterocycles. The molecule has 9 heteroatoms. The topological polar surface area (TPSA) is 123 Å². The van der Waals surface area contributed by atoms with Crippen LogP contribution in [0.15, 0.2) is 72.8 Å². The summed E-state index contributed by atoms with van der Waals surface area (Å²) in [6.45, 7) is 9.25. The van der Waals surface area contributed by atoms with E-state index in [1.807, 2.05) is 80.6 Å². The van der Waals surface area contributed by atoms with Crippen molar-refractivity contribution in [3.05, 3.63) is 95.1 Å². The molecule has 0 aromatic heterocycles. The molecule has 3 aromatic carbocycles. The fraction of sp³-hybridized carbons (Fsp3) is 0.459. The van der Waals surface area contributed by atoms with Crippen LogP contribution < -0.4 is 25.6 Å². The highest BCUT2D eigenvalue weighted by molar-refractivity contribution is 6.01. The summed E-state index contributed by atoms with van der Waals surface area (Å²) < 4.78 is 5.40. The molecule has 0 unspecified atom stereocenters. The Bertz CT molecular complexity index is 1450. The molecular weight excluding hydrogens is 580 g/mol. The molecule has 0 saturated carbocycles. The Balaban J connectivity index is 1.59. The van der Waals surface area contributed by atoms with E-state index in [0.717, 1.165) is 54.9 Å². The van der Waals surface area contributed by atoms with E-state index in [2.05, 4.69) is 20.9 Å². The fourth-order valence-electron chi connectivity index (χ4n) is 5.65. The summed E-state index contributed by atoms with van der Waals surface area (Å²) in [7, 11) is 1.63. The van der Waals surface area contributed by atoms with E-state index >= 15 is 0 Å². The van der Waals surface area contributed by atoms with Crippen LogP contribution in [0.3, 0.4) is 0 Å². The van der Waals surface area contributed by atoms with Crippen molar-refractivity contribution in [1.29, 1.82) is 0 Å². The standard InChI is InChI=1S/C37H50N4O5/c1-36(2,25-42)40-35(45)28-20-27(21-30(22-28)41-17-10-7-11-18-41)34(44)39-32(19-26-13-8-6-9-14-26)33(43)24-38-37(3,4)29-15-12-16-31(23-29)46-5/h6,8-9,12-16,20-23,32-33,38,42-43H,7,10-11,17-19,24-25H2,1-5H3,(H,39,44)(H,40,45)/t32-,33+/m0/s1. The van der Waals surface area contributed by atoms with E-state index in [1.54, 1.807) is 27.0 Å². The highest BCUT2D eigenvalue weighted by Gasteiger charge is 2.28. The van der Waals surface area contributed by atoms with Crippen LogP contribution in [0.25, 0.3) is 0 Å². The molecule has 0 aliphatic carbocycles. The molecule has 9 nitrogen and oxygen atoms in total. The van der Waals surface area contributed by atoms with E-state index in [9.17, 15) is 19.8 Å². The van der Waals surface area contributed by atoms with Gasteiger partial charge in [-0.3, -0.25) is 9.59 Å². The number of amides is 2. The first-order valence-corrected chi connectivity index (χ1v) is 16.2. The number of piperidine rings is 1. The number of rotatable bonds is 14. The third kappa shape index (κ3) is 9.55. The van der Waals surface area contributed by atoms with Crippen LogP contribution in [0.5, 0.6) is 5.75 Å². The fourth-order valence-corrected chi connectivity index (χ4v) is 5.65. The summed E-state index contributed by atoms with van der Waals surface area (Å²) in [6.07, 6.45) is 2.72. The monoisotopic (exact) mass is 630 g/mol. The molecule has 0 spiro atoms. The predicted octanol–water partition coefficient (Wildman–Crippen LogP) is 4.41. The molecule has 248 valence electrons. The van der Waals surface area contributed by atoms with E-state index < -0.39 is 23.2 Å². The number of anilines is 1. The summed E-state index contributed by atoms with van der Waals surface area (Å²) in [6, 6.07) is 22.2. The maximum Gasteiger partial charge on any atom is 0.251 e. The summed E-state index contributed by atoms with van der Waals surface area (Å²) in [5, 5.41) is 30.7. The highest BCUT2D eigenvalue weighted by Crippen LogP contribution is 2.26. The van der Waals surface area contributed by atoms with Crippen LogP contribution in [0.2, 0.25) is 0 Å². The smallest absolute Gasteiger partial charge is 0.251 e. The van der Waals surface area contributed by atoms with Crippen molar-refractivity contribution in [3.63, 3.8) is 0 Å². The van der Waals surface area contributed by atoms with Gasteiger partial charge >= 0.3 is 0 Å². The average Bonchev–Trinajstić information content (AvgIpc) is 3.07. The molecule has 0 radical (unpaired) electrons. The van der Waals surface area contributed by atoms with Crippen molar-refractivity contribution in [2.75, 3.05) is 38.3 Å². The minimum Gasteiger partial charge on any atom is -0.497 e. The maximum absolute atomic E-state index is 13.9. The quantitative estimate of drug-likeness (QED) is 0.179. The zero-order valence-corrected chi connectivity index (χ0v) is 27.8. The molecule has 1 aliphatic rings. The number of carbonyl (C=O) groups excluding carboxylic acids is 2. The summed E-state index contributed by atoms with van der Waals surface area (Å²) in [4.78, 5) is 29.5. The van der Waals surface area contributed by atoms with Crippen molar-refractivity contribution in [1.82, 2.24) is 16.0 Å². The second-order valence-electron chi connectivity index (χ2n) is 13.4. The number of hydrogen-bond donors (Lipinski definition) is 5. The zero-order valence-electron chi connectivity index (χ0n) is 27.8. The molecule has 0 bridgehead atoms. The van der Waals surface area contributed by atoms with Gasteiger partial charge in [0.2, 0.25) is 0 Å². The number of nitrogens with one attached hydrogen (secondary N) is 3. The lowest BCUT2D eigenvalue weighted by Gasteiger charge is -2.32. The first-order valence-electron chi connectivity index (χ1n) is 16.2. The molecular formula is C37H50N4O5. The van der Waals surface area contributed by atoms with Crippen molar-refractivity contribution in [3.8, 4) is 5.75 Å². The molecule has 1 aliphatic heterocycles. The van der Waals surface area contributed by atoms with Gasteiger partial charge in [0, 0.05) is 42.0 Å². The van der Waals surface area contributed by atoms with Gasteiger partial charge in [0.05, 0.1) is 31.4 Å². The van der Waals surface area contributed by atoms with Gasteiger partial charge in [-0.1, -0.05) is 42.5 Å². The Morgan fingerprint density at radius 1 is 0.891 bits per heavy atom. The lowest BCUT2D eigenvalue weighted by Crippen LogP contribution is -2.51. The third-order valence-corrected chi connectivity index (χ3v) is 8.63. The van der Waals surface area contributed by atoms with Gasteiger partial charge in [-0.05, 0) is 94.8 Å². The lowest BCUT2D eigenvalue weighted by molar-refractivity contribution is 0.0813. The molecule has 1 heterocycles. The molecule has 46 heavy (non-hydrogen) atoms. The van der Waals surface area contributed by atoms with Crippen molar-refractivity contribution >= 4 is 17.5 Å². The Hall–Kier alpha value is -3.92. The minimum atomic E-state index is -0.924. The average molecular weight is 631 g/mol. The Labute approximate surface area is 273 Å². The van der Waals surface area contributed by atoms with Crippen molar-refractivity contribution in [2.45, 2.75) is 76.6 Å². The van der Waals surface area contributed by atoms with Gasteiger partial charge < -0.3 is 35.8 Å². The van der Waals surface area contributed by atoms with Gasteiger partial charge in [-0.25, -0.2) is 0 Å². The van der Waals surface area contributed by atoms with Gasteiger partial charge in [-0.2, -0.15) is 0 Å². The molecule has 4 rings (SSSR count). The second kappa shape index (κ2) is 15.6. The van der Waals surface area contributed by atoms with Gasteiger partial charge in [0.25, 0.3) is 11.8 Å². The summed E-state index contributed by atoms with van der Waals surface area (Å²) in [5.74, 6) is 0.0140. The zero-order chi connectivity index (χ0) is 33.3. The lowest BCUT2D eigenvalue weighted by atomic mass is 9.93. The van der Waals surface area contributed by atoms with Gasteiger partial charge in [-0.15, -0.1) is 0 Å². The Kier molecular flexibility index (Phi) is 11.8. The van der Waals surface area contributed by atoms with E-state index in [0.29, 0.717) is 17.5 Å². The van der Waals surface area contributed by atoms with Crippen molar-refractivity contribution < 1.29 is 24.5 Å². The number of aliphatic hydroxyl groups is 2. The highest BCUT2D eigenvalue weighted by atomic mass is 16.5. The maximum atomic E-state index is 13.9. The first kappa shape index (κ1) is 34.9. The third-order valence-electron chi connectivity index (χ3n) is 8.63. The molecule has 3 aromatic rings. The number of aliphatic hydroxyl groups excluding tert-OH is 2. The van der Waals surface area contributed by atoms with Crippen LogP contribution in [-0.2, 0) is 12.0 Å². The second-order valence-corrected chi connectivity index (χ2v) is 13.4. The van der Waals surface area contributed by atoms with Crippen LogP contribution in [0.1, 0.15) is 78.8 Å². The SMILES string of the molecule is COc1cccc(C(C)(C)NC[C@@H](O)[C@H](Cc2ccccc2)NC(=O)c2cc(C(=O)NC(C)(C)CO)cc(N3CCCCC3)c2)c1. The normalized spacial score (nSPS) is 15.2. The van der Waals surface area contributed by atoms with Crippen molar-refractivity contribution in [2.24, 2.45) is 0 Å². The van der Waals surface area contributed by atoms with Crippen LogP contribution in [-0.4, -0.2) is 73.1 Å².